The Balaban J connectivity index is 1.33. The molecule has 1 aliphatic rings. The molecule has 3 aromatic heterocycles. The van der Waals surface area contributed by atoms with Gasteiger partial charge in [-0.3, -0.25) is 0 Å². The van der Waals surface area contributed by atoms with E-state index in [0.717, 1.165) is 48.8 Å². The van der Waals surface area contributed by atoms with Crippen molar-refractivity contribution in [2.24, 2.45) is 0 Å². The minimum Gasteiger partial charge on any atom is -0.496 e. The van der Waals surface area contributed by atoms with Gasteiger partial charge in [0.15, 0.2) is 0 Å². The van der Waals surface area contributed by atoms with Crippen LogP contribution in [0.4, 0.5) is 23.5 Å². The molecule has 0 bridgehead atoms. The van der Waals surface area contributed by atoms with Gasteiger partial charge in [0, 0.05) is 67.5 Å². The van der Waals surface area contributed by atoms with Crippen LogP contribution in [-0.4, -0.2) is 70.3 Å². The molecule has 0 unspecified atom stereocenters. The molecule has 0 aliphatic carbocycles. The van der Waals surface area contributed by atoms with Crippen molar-refractivity contribution in [3.8, 4) is 22.8 Å². The third kappa shape index (κ3) is 5.33. The zero-order valence-electron chi connectivity index (χ0n) is 22.2. The van der Waals surface area contributed by atoms with Crippen molar-refractivity contribution in [2.45, 2.75) is 26.3 Å². The standard InChI is InChI=1S/C26H32ClN9O2/c1-26(2,3)33-24-30-23(28)31-25(32-24)35-10-8-34(9-11-35)16-6-7-36-15-19(29-22(36)12-16)17-13-18(27)21(38-5)14-20(17)37-4/h6-7,12-15H,8-11H2,1-5H3,(H3,28,30,31,32,33). The summed E-state index contributed by atoms with van der Waals surface area (Å²) in [5.74, 6) is 2.48. The van der Waals surface area contributed by atoms with Crippen molar-refractivity contribution < 1.29 is 9.47 Å². The number of nitrogen functional groups attached to an aromatic ring is 1. The van der Waals surface area contributed by atoms with E-state index < -0.39 is 0 Å². The van der Waals surface area contributed by atoms with Crippen LogP contribution < -0.4 is 30.3 Å². The number of nitrogens with zero attached hydrogens (tertiary/aromatic N) is 7. The van der Waals surface area contributed by atoms with E-state index in [2.05, 4.69) is 42.2 Å². The lowest BCUT2D eigenvalue weighted by molar-refractivity contribution is 0.395. The maximum Gasteiger partial charge on any atom is 0.232 e. The summed E-state index contributed by atoms with van der Waals surface area (Å²) in [7, 11) is 3.20. The van der Waals surface area contributed by atoms with Crippen LogP contribution in [0.15, 0.2) is 36.7 Å². The average molecular weight is 538 g/mol. The van der Waals surface area contributed by atoms with Gasteiger partial charge < -0.3 is 34.7 Å². The predicted octanol–water partition coefficient (Wildman–Crippen LogP) is 3.98. The van der Waals surface area contributed by atoms with E-state index >= 15 is 0 Å². The number of fused-ring (bicyclic) bond motifs is 1. The van der Waals surface area contributed by atoms with E-state index in [-0.39, 0.29) is 11.5 Å². The van der Waals surface area contributed by atoms with Crippen LogP contribution in [0.25, 0.3) is 16.9 Å². The molecule has 1 aromatic carbocycles. The summed E-state index contributed by atoms with van der Waals surface area (Å²) in [5, 5.41) is 3.77. The first-order valence-corrected chi connectivity index (χ1v) is 12.7. The third-order valence-corrected chi connectivity index (χ3v) is 6.54. The van der Waals surface area contributed by atoms with Crippen molar-refractivity contribution in [2.75, 3.05) is 61.2 Å². The number of hydrogen-bond donors (Lipinski definition) is 2. The summed E-state index contributed by atoms with van der Waals surface area (Å²) in [6.07, 6.45) is 3.98. The number of nitrogens with one attached hydrogen (secondary N) is 1. The molecule has 1 aliphatic heterocycles. The number of methoxy groups -OCH3 is 2. The van der Waals surface area contributed by atoms with Gasteiger partial charge in [0.1, 0.15) is 17.1 Å². The number of hydrogen-bond acceptors (Lipinski definition) is 10. The Kier molecular flexibility index (Phi) is 6.78. The molecule has 1 saturated heterocycles. The molecular weight excluding hydrogens is 506 g/mol. The molecule has 4 aromatic rings. The van der Waals surface area contributed by atoms with Gasteiger partial charge in [-0.2, -0.15) is 15.0 Å². The van der Waals surface area contributed by atoms with Gasteiger partial charge in [-0.1, -0.05) is 11.6 Å². The first-order valence-electron chi connectivity index (χ1n) is 12.3. The third-order valence-electron chi connectivity index (χ3n) is 6.25. The Morgan fingerprint density at radius 2 is 1.63 bits per heavy atom. The monoisotopic (exact) mass is 537 g/mol. The Hall–Kier alpha value is -3.99. The van der Waals surface area contributed by atoms with Gasteiger partial charge in [0.05, 0.1) is 24.9 Å². The fourth-order valence-corrected chi connectivity index (χ4v) is 4.68. The van der Waals surface area contributed by atoms with Crippen LogP contribution in [0.5, 0.6) is 11.5 Å². The molecule has 0 saturated carbocycles. The Labute approximate surface area is 226 Å². The van der Waals surface area contributed by atoms with Gasteiger partial charge >= 0.3 is 0 Å². The molecule has 38 heavy (non-hydrogen) atoms. The number of nitrogens with two attached hydrogens (primary N) is 1. The van der Waals surface area contributed by atoms with Crippen molar-refractivity contribution in [3.63, 3.8) is 0 Å². The van der Waals surface area contributed by atoms with Gasteiger partial charge in [0.2, 0.25) is 17.8 Å². The van der Waals surface area contributed by atoms with E-state index in [4.69, 9.17) is 31.8 Å². The summed E-state index contributed by atoms with van der Waals surface area (Å²) in [6, 6.07) is 7.77. The van der Waals surface area contributed by atoms with E-state index in [9.17, 15) is 0 Å². The highest BCUT2D eigenvalue weighted by molar-refractivity contribution is 6.32. The van der Waals surface area contributed by atoms with Gasteiger partial charge in [0.25, 0.3) is 0 Å². The predicted molar refractivity (Wildman–Crippen MR) is 151 cm³/mol. The van der Waals surface area contributed by atoms with Crippen LogP contribution in [0.1, 0.15) is 20.8 Å². The van der Waals surface area contributed by atoms with Crippen molar-refractivity contribution in [1.82, 2.24) is 24.3 Å². The second-order valence-corrected chi connectivity index (χ2v) is 10.5. The Morgan fingerprint density at radius 1 is 0.921 bits per heavy atom. The minimum absolute atomic E-state index is 0.181. The Morgan fingerprint density at radius 3 is 2.32 bits per heavy atom. The summed E-state index contributed by atoms with van der Waals surface area (Å²) in [6.45, 7) is 9.27. The maximum atomic E-state index is 6.39. The van der Waals surface area contributed by atoms with Gasteiger partial charge in [-0.15, -0.1) is 0 Å². The number of ether oxygens (including phenoxy) is 2. The number of aromatic nitrogens is 5. The van der Waals surface area contributed by atoms with Crippen LogP contribution in [0.3, 0.4) is 0 Å². The SMILES string of the molecule is COc1cc(OC)c(-c2cn3ccc(N4CCN(c5nc(N)nc(NC(C)(C)C)n5)CC4)cc3n2)cc1Cl. The summed E-state index contributed by atoms with van der Waals surface area (Å²) in [5.41, 5.74) is 9.28. The van der Waals surface area contributed by atoms with E-state index in [0.29, 0.717) is 28.4 Å². The second-order valence-electron chi connectivity index (χ2n) is 10.1. The number of pyridine rings is 1. The number of rotatable bonds is 6. The van der Waals surface area contributed by atoms with Crippen molar-refractivity contribution in [1.29, 1.82) is 0 Å². The molecule has 3 N–H and O–H groups in total. The lowest BCUT2D eigenvalue weighted by Crippen LogP contribution is -2.47. The highest BCUT2D eigenvalue weighted by Gasteiger charge is 2.22. The molecular formula is C26H32ClN9O2. The fraction of sp³-hybridized carbons (Fsp3) is 0.385. The summed E-state index contributed by atoms with van der Waals surface area (Å²) in [4.78, 5) is 22.5. The normalized spacial score (nSPS) is 14.2. The highest BCUT2D eigenvalue weighted by atomic mass is 35.5. The first kappa shape index (κ1) is 25.7. The lowest BCUT2D eigenvalue weighted by atomic mass is 10.1. The van der Waals surface area contributed by atoms with E-state index in [1.807, 2.05) is 43.6 Å². The molecule has 4 heterocycles. The molecule has 0 radical (unpaired) electrons. The number of halogens is 1. The molecule has 11 nitrogen and oxygen atoms in total. The zero-order chi connectivity index (χ0) is 27.0. The zero-order valence-corrected chi connectivity index (χ0v) is 23.0. The highest BCUT2D eigenvalue weighted by Crippen LogP contribution is 2.38. The second kappa shape index (κ2) is 10.1. The first-order chi connectivity index (χ1) is 18.1. The van der Waals surface area contributed by atoms with Crippen molar-refractivity contribution >= 4 is 40.8 Å². The summed E-state index contributed by atoms with van der Waals surface area (Å²) < 4.78 is 12.9. The molecule has 1 fully saturated rings. The van der Waals surface area contributed by atoms with Gasteiger partial charge in [-0.25, -0.2) is 4.98 Å². The number of imidazole rings is 1. The van der Waals surface area contributed by atoms with Crippen LogP contribution in [-0.2, 0) is 0 Å². The average Bonchev–Trinajstić information content (AvgIpc) is 3.30. The number of anilines is 4. The maximum absolute atomic E-state index is 6.39. The largest absolute Gasteiger partial charge is 0.496 e. The molecule has 200 valence electrons. The van der Waals surface area contributed by atoms with E-state index in [1.54, 1.807) is 20.3 Å². The molecule has 0 atom stereocenters. The quantitative estimate of drug-likeness (QED) is 0.374. The fourth-order valence-electron chi connectivity index (χ4n) is 4.44. The van der Waals surface area contributed by atoms with Crippen LogP contribution in [0, 0.1) is 0 Å². The summed E-state index contributed by atoms with van der Waals surface area (Å²) >= 11 is 6.39. The van der Waals surface area contributed by atoms with Crippen LogP contribution in [0.2, 0.25) is 5.02 Å². The molecule has 0 amide bonds. The smallest absolute Gasteiger partial charge is 0.232 e. The number of piperazine rings is 1. The number of benzene rings is 1. The topological polar surface area (TPSA) is 119 Å². The van der Waals surface area contributed by atoms with Crippen molar-refractivity contribution in [3.05, 3.63) is 41.7 Å². The Bertz CT molecular complexity index is 1460. The van der Waals surface area contributed by atoms with E-state index in [1.165, 1.54) is 0 Å². The minimum atomic E-state index is -0.181. The van der Waals surface area contributed by atoms with Gasteiger partial charge in [-0.05, 0) is 32.9 Å². The van der Waals surface area contributed by atoms with Crippen LogP contribution >= 0.6 is 11.6 Å². The lowest BCUT2D eigenvalue weighted by Gasteiger charge is -2.36. The molecule has 0 spiro atoms. The molecule has 12 heteroatoms. The molecule has 5 rings (SSSR count).